The third-order valence-corrected chi connectivity index (χ3v) is 6.34. The van der Waals surface area contributed by atoms with Crippen molar-refractivity contribution in [3.8, 4) is 5.75 Å². The van der Waals surface area contributed by atoms with Crippen LogP contribution < -0.4 is 16.0 Å². The highest BCUT2D eigenvalue weighted by Gasteiger charge is 2.36. The van der Waals surface area contributed by atoms with Crippen LogP contribution in [-0.2, 0) is 16.1 Å². The Kier molecular flexibility index (Phi) is 6.93. The summed E-state index contributed by atoms with van der Waals surface area (Å²) < 4.78 is 12.0. The summed E-state index contributed by atoms with van der Waals surface area (Å²) in [6, 6.07) is 14.8. The van der Waals surface area contributed by atoms with Crippen LogP contribution in [0.15, 0.2) is 58.1 Å². The first-order valence-electron chi connectivity index (χ1n) is 11.3. The van der Waals surface area contributed by atoms with E-state index in [0.717, 1.165) is 24.3 Å². The van der Waals surface area contributed by atoms with Gasteiger partial charge in [-0.15, -0.1) is 0 Å². The molecular weight excluding hydrogens is 422 g/mol. The molecule has 1 aromatic heterocycles. The molecule has 0 aliphatic carbocycles. The molecule has 8 heteroatoms. The number of ether oxygens (including phenoxy) is 2. The lowest BCUT2D eigenvalue weighted by molar-refractivity contribution is -0.150. The number of aromatic amines is 1. The number of H-pyrrole nitrogens is 1. The van der Waals surface area contributed by atoms with Gasteiger partial charge in [0.05, 0.1) is 30.5 Å². The Morgan fingerprint density at radius 1 is 1.12 bits per heavy atom. The van der Waals surface area contributed by atoms with E-state index in [1.807, 2.05) is 24.3 Å². The molecule has 0 amide bonds. The molecule has 2 aromatic carbocycles. The van der Waals surface area contributed by atoms with E-state index in [9.17, 15) is 14.4 Å². The van der Waals surface area contributed by atoms with Gasteiger partial charge in [0, 0.05) is 19.6 Å². The second-order valence-corrected chi connectivity index (χ2v) is 8.26. The normalized spacial score (nSPS) is 18.8. The number of carbonyl (C=O) groups excluding carboxylic acids is 1. The minimum Gasteiger partial charge on any atom is -0.497 e. The number of likely N-dealkylation sites (tertiary alicyclic amines) is 1. The second-order valence-electron chi connectivity index (χ2n) is 8.26. The molecule has 174 valence electrons. The van der Waals surface area contributed by atoms with Crippen LogP contribution in [0.2, 0.25) is 0 Å². The van der Waals surface area contributed by atoms with E-state index < -0.39 is 5.69 Å². The highest BCUT2D eigenvalue weighted by atomic mass is 16.5. The largest absolute Gasteiger partial charge is 0.497 e. The Morgan fingerprint density at radius 3 is 2.73 bits per heavy atom. The fourth-order valence-corrected chi connectivity index (χ4v) is 4.63. The third-order valence-electron chi connectivity index (χ3n) is 6.34. The monoisotopic (exact) mass is 451 g/mol. The average Bonchev–Trinajstić information content (AvgIpc) is 2.84. The number of esters is 1. The van der Waals surface area contributed by atoms with Crippen molar-refractivity contribution < 1.29 is 14.3 Å². The number of nitrogens with one attached hydrogen (secondary N) is 1. The van der Waals surface area contributed by atoms with E-state index in [1.165, 1.54) is 4.57 Å². The molecule has 0 spiro atoms. The van der Waals surface area contributed by atoms with Crippen molar-refractivity contribution in [1.82, 2.24) is 14.5 Å². The molecular formula is C25H29N3O5. The van der Waals surface area contributed by atoms with E-state index >= 15 is 0 Å². The third kappa shape index (κ3) is 4.85. The van der Waals surface area contributed by atoms with Gasteiger partial charge >= 0.3 is 11.7 Å². The molecule has 4 rings (SSSR count). The Balaban J connectivity index is 1.52. The molecule has 0 unspecified atom stereocenters. The van der Waals surface area contributed by atoms with Gasteiger partial charge in [-0.1, -0.05) is 24.3 Å². The molecule has 0 radical (unpaired) electrons. The van der Waals surface area contributed by atoms with Crippen LogP contribution in [0.3, 0.4) is 0 Å². The van der Waals surface area contributed by atoms with Crippen molar-refractivity contribution >= 4 is 16.9 Å². The molecule has 0 saturated carbocycles. The highest BCUT2D eigenvalue weighted by Crippen LogP contribution is 2.35. The van der Waals surface area contributed by atoms with Crippen LogP contribution in [0, 0.1) is 5.92 Å². The van der Waals surface area contributed by atoms with Crippen molar-refractivity contribution in [2.45, 2.75) is 25.8 Å². The maximum absolute atomic E-state index is 12.8. The van der Waals surface area contributed by atoms with Crippen molar-refractivity contribution in [3.05, 3.63) is 74.9 Å². The number of piperidine rings is 1. The summed E-state index contributed by atoms with van der Waals surface area (Å²) in [5.74, 6) is 0.211. The molecule has 1 aliphatic rings. The number of rotatable bonds is 7. The van der Waals surface area contributed by atoms with Crippen molar-refractivity contribution in [2.75, 3.05) is 33.4 Å². The van der Waals surface area contributed by atoms with E-state index in [-0.39, 0.29) is 29.9 Å². The number of aromatic nitrogens is 2. The van der Waals surface area contributed by atoms with Crippen LogP contribution in [0.5, 0.6) is 5.75 Å². The maximum Gasteiger partial charge on any atom is 0.328 e. The van der Waals surface area contributed by atoms with Crippen LogP contribution >= 0.6 is 0 Å². The molecule has 1 aliphatic heterocycles. The van der Waals surface area contributed by atoms with Crippen LogP contribution in [0.4, 0.5) is 0 Å². The zero-order valence-corrected chi connectivity index (χ0v) is 19.0. The van der Waals surface area contributed by atoms with Gasteiger partial charge in [-0.3, -0.25) is 14.2 Å². The lowest BCUT2D eigenvalue weighted by Crippen LogP contribution is -2.46. The van der Waals surface area contributed by atoms with E-state index in [4.69, 9.17) is 9.47 Å². The molecule has 3 aromatic rings. The van der Waals surface area contributed by atoms with E-state index in [0.29, 0.717) is 30.6 Å². The number of nitrogens with zero attached hydrogens (tertiary/aromatic N) is 2. The lowest BCUT2D eigenvalue weighted by Gasteiger charge is -2.37. The Morgan fingerprint density at radius 2 is 1.94 bits per heavy atom. The number of para-hydroxylation sites is 1. The fraction of sp³-hybridized carbons (Fsp3) is 0.400. The molecule has 1 N–H and O–H groups in total. The zero-order chi connectivity index (χ0) is 23.4. The minimum atomic E-state index is -0.424. The van der Waals surface area contributed by atoms with Crippen LogP contribution in [0.1, 0.15) is 24.8 Å². The van der Waals surface area contributed by atoms with E-state index in [1.54, 1.807) is 38.3 Å². The summed E-state index contributed by atoms with van der Waals surface area (Å²) in [6.45, 7) is 4.11. The molecule has 2 atom stereocenters. The van der Waals surface area contributed by atoms with Crippen LogP contribution in [0.25, 0.3) is 10.9 Å². The van der Waals surface area contributed by atoms with Gasteiger partial charge in [-0.2, -0.15) is 0 Å². The average molecular weight is 452 g/mol. The number of methoxy groups -OCH3 is 1. The van der Waals surface area contributed by atoms with Crippen molar-refractivity contribution in [3.63, 3.8) is 0 Å². The van der Waals surface area contributed by atoms with Gasteiger partial charge in [-0.05, 0) is 55.6 Å². The predicted octanol–water partition coefficient (Wildman–Crippen LogP) is 2.37. The summed E-state index contributed by atoms with van der Waals surface area (Å²) in [5, 5.41) is 0.484. The lowest BCUT2D eigenvalue weighted by atomic mass is 9.80. The first kappa shape index (κ1) is 22.8. The fourth-order valence-electron chi connectivity index (χ4n) is 4.63. The highest BCUT2D eigenvalue weighted by molar-refractivity contribution is 5.77. The first-order valence-corrected chi connectivity index (χ1v) is 11.3. The Hall–Kier alpha value is -3.39. The molecule has 0 bridgehead atoms. The topological polar surface area (TPSA) is 93.6 Å². The number of fused-ring (bicyclic) bond motifs is 1. The number of carbonyl (C=O) groups is 1. The minimum absolute atomic E-state index is 0.0159. The summed E-state index contributed by atoms with van der Waals surface area (Å²) in [7, 11) is 1.63. The smallest absolute Gasteiger partial charge is 0.328 e. The zero-order valence-electron chi connectivity index (χ0n) is 19.0. The van der Waals surface area contributed by atoms with Gasteiger partial charge < -0.3 is 19.4 Å². The number of hydrogen-bond donors (Lipinski definition) is 1. The second kappa shape index (κ2) is 10.0. The van der Waals surface area contributed by atoms with Gasteiger partial charge in [-0.25, -0.2) is 4.79 Å². The molecule has 1 saturated heterocycles. The molecule has 33 heavy (non-hydrogen) atoms. The SMILES string of the molecule is CCOC(=O)[C@H]1CN(CCn2c(=O)[nH]c3ccccc3c2=O)CC[C@H]1c1cccc(OC)c1. The van der Waals surface area contributed by atoms with Gasteiger partial charge in [0.25, 0.3) is 5.56 Å². The van der Waals surface area contributed by atoms with Crippen LogP contribution in [-0.4, -0.2) is 53.8 Å². The van der Waals surface area contributed by atoms with E-state index in [2.05, 4.69) is 9.88 Å². The standard InChI is InChI=1S/C25H29N3O5/c1-3-33-24(30)21-16-27(12-11-19(21)17-7-6-8-18(15-17)32-2)13-14-28-23(29)20-9-4-5-10-22(20)26-25(28)31/h4-10,15,19,21H,3,11-14,16H2,1-2H3,(H,26,31)/t19-,21-/m0/s1. The Bertz CT molecular complexity index is 1250. The predicted molar refractivity (Wildman–Crippen MR) is 126 cm³/mol. The number of benzene rings is 2. The maximum atomic E-state index is 12.8. The summed E-state index contributed by atoms with van der Waals surface area (Å²) in [5.41, 5.74) is 0.856. The first-order chi connectivity index (χ1) is 16.0. The summed E-state index contributed by atoms with van der Waals surface area (Å²) in [6.07, 6.45) is 0.764. The van der Waals surface area contributed by atoms with Gasteiger partial charge in [0.15, 0.2) is 0 Å². The molecule has 2 heterocycles. The molecule has 8 nitrogen and oxygen atoms in total. The quantitative estimate of drug-likeness (QED) is 0.555. The van der Waals surface area contributed by atoms with Crippen molar-refractivity contribution in [1.29, 1.82) is 0 Å². The number of hydrogen-bond acceptors (Lipinski definition) is 6. The molecule has 1 fully saturated rings. The van der Waals surface area contributed by atoms with Crippen molar-refractivity contribution in [2.24, 2.45) is 5.92 Å². The van der Waals surface area contributed by atoms with Gasteiger partial charge in [0.2, 0.25) is 0 Å². The summed E-state index contributed by atoms with van der Waals surface area (Å²) >= 11 is 0. The summed E-state index contributed by atoms with van der Waals surface area (Å²) in [4.78, 5) is 43.0. The van der Waals surface area contributed by atoms with Gasteiger partial charge in [0.1, 0.15) is 5.75 Å². The Labute approximate surface area is 191 Å².